The second-order valence-electron chi connectivity index (χ2n) is 3.33. The fraction of sp³-hybridized carbons (Fsp3) is 0.333. The quantitative estimate of drug-likeness (QED) is 0.676. The lowest BCUT2D eigenvalue weighted by molar-refractivity contribution is 0.0587. The standard InChI is InChI=1S/C9H10N4O3/c1-4-5(2)10-9-11-6(8(15)16-3)12-13(9)7(4)14/h1-3H3,(H,10,11,12). The third-order valence-electron chi connectivity index (χ3n) is 2.34. The van der Waals surface area contributed by atoms with E-state index in [1.165, 1.54) is 7.11 Å². The first-order valence-corrected chi connectivity index (χ1v) is 4.59. The number of aromatic amines is 1. The smallest absolute Gasteiger partial charge is 0.375 e. The maximum absolute atomic E-state index is 11.8. The van der Waals surface area contributed by atoms with Gasteiger partial charge in [0.25, 0.3) is 11.3 Å². The van der Waals surface area contributed by atoms with Crippen molar-refractivity contribution in [3.8, 4) is 0 Å². The van der Waals surface area contributed by atoms with Crippen molar-refractivity contribution in [3.05, 3.63) is 27.4 Å². The molecule has 1 N–H and O–H groups in total. The van der Waals surface area contributed by atoms with Crippen molar-refractivity contribution in [2.75, 3.05) is 7.11 Å². The van der Waals surface area contributed by atoms with Crippen molar-refractivity contribution in [2.24, 2.45) is 0 Å². The van der Waals surface area contributed by atoms with E-state index in [0.29, 0.717) is 11.3 Å². The Kier molecular flexibility index (Phi) is 2.22. The molecule has 7 nitrogen and oxygen atoms in total. The molecule has 0 saturated carbocycles. The van der Waals surface area contributed by atoms with E-state index in [4.69, 9.17) is 0 Å². The monoisotopic (exact) mass is 222 g/mol. The molecule has 0 amide bonds. The zero-order valence-electron chi connectivity index (χ0n) is 9.07. The molecule has 16 heavy (non-hydrogen) atoms. The minimum absolute atomic E-state index is 0.0444. The summed E-state index contributed by atoms with van der Waals surface area (Å²) in [5.74, 6) is -0.522. The summed E-state index contributed by atoms with van der Waals surface area (Å²) in [5, 5.41) is 2.54. The van der Waals surface area contributed by atoms with E-state index in [1.807, 2.05) is 0 Å². The van der Waals surface area contributed by atoms with Gasteiger partial charge >= 0.3 is 5.97 Å². The van der Waals surface area contributed by atoms with Crippen molar-refractivity contribution in [1.82, 2.24) is 19.6 Å². The van der Waals surface area contributed by atoms with Gasteiger partial charge in [-0.2, -0.15) is 9.50 Å². The van der Waals surface area contributed by atoms with E-state index in [-0.39, 0.29) is 17.2 Å². The van der Waals surface area contributed by atoms with Crippen molar-refractivity contribution in [2.45, 2.75) is 13.8 Å². The average Bonchev–Trinajstić information content (AvgIpc) is 2.69. The summed E-state index contributed by atoms with van der Waals surface area (Å²) in [6.45, 7) is 3.37. The summed E-state index contributed by atoms with van der Waals surface area (Å²) in [5.41, 5.74) is 0.829. The SMILES string of the molecule is COC(=O)c1nc2nc(C)c(C)c(=O)n2[nH]1. The first-order valence-electron chi connectivity index (χ1n) is 4.59. The topological polar surface area (TPSA) is 89.3 Å². The van der Waals surface area contributed by atoms with Gasteiger partial charge in [-0.05, 0) is 13.8 Å². The zero-order chi connectivity index (χ0) is 11.9. The summed E-state index contributed by atoms with van der Waals surface area (Å²) in [4.78, 5) is 30.9. The number of rotatable bonds is 1. The predicted octanol–water partition coefficient (Wildman–Crippen LogP) is -0.179. The van der Waals surface area contributed by atoms with Gasteiger partial charge in [0.15, 0.2) is 0 Å². The van der Waals surface area contributed by atoms with Gasteiger partial charge in [-0.15, -0.1) is 0 Å². The molecule has 0 atom stereocenters. The molecular weight excluding hydrogens is 212 g/mol. The lowest BCUT2D eigenvalue weighted by Gasteiger charge is -1.96. The molecule has 0 unspecified atom stereocenters. The Morgan fingerprint density at radius 2 is 2.06 bits per heavy atom. The molecule has 0 spiro atoms. The zero-order valence-corrected chi connectivity index (χ0v) is 9.07. The molecule has 0 saturated heterocycles. The number of nitrogens with zero attached hydrogens (tertiary/aromatic N) is 3. The van der Waals surface area contributed by atoms with Crippen molar-refractivity contribution >= 4 is 11.7 Å². The van der Waals surface area contributed by atoms with Crippen LogP contribution in [0.3, 0.4) is 0 Å². The highest BCUT2D eigenvalue weighted by Crippen LogP contribution is 2.01. The molecule has 0 fully saturated rings. The highest BCUT2D eigenvalue weighted by atomic mass is 16.5. The minimum Gasteiger partial charge on any atom is -0.463 e. The number of H-pyrrole nitrogens is 1. The Hall–Kier alpha value is -2.18. The lowest BCUT2D eigenvalue weighted by atomic mass is 10.3. The van der Waals surface area contributed by atoms with Crippen molar-refractivity contribution in [1.29, 1.82) is 0 Å². The molecule has 84 valence electrons. The molecule has 2 aromatic heterocycles. The summed E-state index contributed by atoms with van der Waals surface area (Å²) >= 11 is 0. The maximum Gasteiger partial charge on any atom is 0.375 e. The molecule has 7 heteroatoms. The molecule has 2 rings (SSSR count). The van der Waals surface area contributed by atoms with Crippen molar-refractivity contribution < 1.29 is 9.53 Å². The number of carbonyl (C=O) groups excluding carboxylic acids is 1. The normalized spacial score (nSPS) is 10.7. The Morgan fingerprint density at radius 3 is 2.69 bits per heavy atom. The minimum atomic E-state index is -0.639. The van der Waals surface area contributed by atoms with E-state index in [0.717, 1.165) is 4.52 Å². The first kappa shape index (κ1) is 10.3. The van der Waals surface area contributed by atoms with Gasteiger partial charge in [-0.1, -0.05) is 0 Å². The van der Waals surface area contributed by atoms with E-state index < -0.39 is 5.97 Å². The van der Waals surface area contributed by atoms with Gasteiger partial charge in [0.1, 0.15) is 0 Å². The van der Waals surface area contributed by atoms with Crippen LogP contribution < -0.4 is 5.56 Å². The number of methoxy groups -OCH3 is 1. The number of hydrogen-bond acceptors (Lipinski definition) is 5. The first-order chi connectivity index (χ1) is 7.54. The number of fused-ring (bicyclic) bond motifs is 1. The van der Waals surface area contributed by atoms with Crippen LogP contribution in [0.25, 0.3) is 5.78 Å². The second-order valence-corrected chi connectivity index (χ2v) is 3.33. The highest BCUT2D eigenvalue weighted by Gasteiger charge is 2.14. The van der Waals surface area contributed by atoms with E-state index in [1.54, 1.807) is 13.8 Å². The van der Waals surface area contributed by atoms with Gasteiger partial charge in [0.2, 0.25) is 5.82 Å². The number of carbonyl (C=O) groups is 1. The van der Waals surface area contributed by atoms with E-state index in [2.05, 4.69) is 19.8 Å². The second kappa shape index (κ2) is 3.44. The molecule has 0 aliphatic heterocycles. The molecule has 0 aliphatic rings. The molecule has 2 aromatic rings. The fourth-order valence-electron chi connectivity index (χ4n) is 1.29. The van der Waals surface area contributed by atoms with Crippen molar-refractivity contribution in [3.63, 3.8) is 0 Å². The Morgan fingerprint density at radius 1 is 1.38 bits per heavy atom. The number of aryl methyl sites for hydroxylation is 1. The van der Waals surface area contributed by atoms with Crippen LogP contribution in [0.2, 0.25) is 0 Å². The Balaban J connectivity index is 2.76. The number of aromatic nitrogens is 4. The van der Waals surface area contributed by atoms with Crippen LogP contribution in [0.5, 0.6) is 0 Å². The van der Waals surface area contributed by atoms with Crippen LogP contribution in [-0.2, 0) is 4.74 Å². The summed E-state index contributed by atoms with van der Waals surface area (Å²) in [6, 6.07) is 0. The van der Waals surface area contributed by atoms with Gasteiger partial charge < -0.3 is 4.74 Å². The predicted molar refractivity (Wildman–Crippen MR) is 54.4 cm³/mol. The number of esters is 1. The molecule has 0 bridgehead atoms. The summed E-state index contributed by atoms with van der Waals surface area (Å²) in [7, 11) is 1.24. The molecule has 0 radical (unpaired) electrons. The maximum atomic E-state index is 11.8. The molecular formula is C9H10N4O3. The molecule has 0 aliphatic carbocycles. The Labute approximate surface area is 90.1 Å². The van der Waals surface area contributed by atoms with Gasteiger partial charge in [0, 0.05) is 11.3 Å². The molecule has 0 aromatic carbocycles. The van der Waals surface area contributed by atoms with Crippen LogP contribution in [0.1, 0.15) is 21.9 Å². The molecule has 2 heterocycles. The van der Waals surface area contributed by atoms with Gasteiger partial charge in [0.05, 0.1) is 7.11 Å². The van der Waals surface area contributed by atoms with Crippen LogP contribution in [0.4, 0.5) is 0 Å². The number of hydrogen-bond donors (Lipinski definition) is 1. The van der Waals surface area contributed by atoms with Crippen LogP contribution in [0, 0.1) is 13.8 Å². The number of ether oxygens (including phenoxy) is 1. The van der Waals surface area contributed by atoms with E-state index >= 15 is 0 Å². The third kappa shape index (κ3) is 1.37. The summed E-state index contributed by atoms with van der Waals surface area (Å²) in [6.07, 6.45) is 0. The fourth-order valence-corrected chi connectivity index (χ4v) is 1.29. The lowest BCUT2D eigenvalue weighted by Crippen LogP contribution is -2.19. The Bertz CT molecular complexity index is 625. The summed E-state index contributed by atoms with van der Waals surface area (Å²) < 4.78 is 5.61. The number of nitrogens with one attached hydrogen (secondary N) is 1. The average molecular weight is 222 g/mol. The van der Waals surface area contributed by atoms with Crippen LogP contribution in [-0.4, -0.2) is 32.7 Å². The van der Waals surface area contributed by atoms with E-state index in [9.17, 15) is 9.59 Å². The van der Waals surface area contributed by atoms with Crippen LogP contribution >= 0.6 is 0 Å². The van der Waals surface area contributed by atoms with Crippen LogP contribution in [0.15, 0.2) is 4.79 Å². The van der Waals surface area contributed by atoms with Gasteiger partial charge in [-0.25, -0.2) is 9.78 Å². The van der Waals surface area contributed by atoms with Gasteiger partial charge in [-0.3, -0.25) is 9.89 Å². The largest absolute Gasteiger partial charge is 0.463 e. The highest BCUT2D eigenvalue weighted by molar-refractivity contribution is 5.85. The third-order valence-corrected chi connectivity index (χ3v) is 2.34.